The molecular weight excluding hydrogens is 390 g/mol. The third-order valence-electron chi connectivity index (χ3n) is 5.30. The summed E-state index contributed by atoms with van der Waals surface area (Å²) >= 11 is 2.79. The van der Waals surface area contributed by atoms with Gasteiger partial charge in [0.2, 0.25) is 5.91 Å². The topological polar surface area (TPSA) is 55.2 Å². The van der Waals surface area contributed by atoms with E-state index in [4.69, 9.17) is 0 Å². The number of fused-ring (bicyclic) bond motifs is 1. The van der Waals surface area contributed by atoms with Crippen LogP contribution in [0, 0.1) is 5.92 Å². The van der Waals surface area contributed by atoms with Crippen LogP contribution in [0.25, 0.3) is 10.2 Å². The fraction of sp³-hybridized carbons (Fsp3) is 0.381. The van der Waals surface area contributed by atoms with Gasteiger partial charge in [0.15, 0.2) is 5.16 Å². The van der Waals surface area contributed by atoms with Gasteiger partial charge in [0, 0.05) is 19.6 Å². The van der Waals surface area contributed by atoms with Crippen molar-refractivity contribution in [2.45, 2.75) is 37.5 Å². The third kappa shape index (κ3) is 4.00. The zero-order chi connectivity index (χ0) is 19.7. The molecule has 1 amide bonds. The fourth-order valence-corrected chi connectivity index (χ4v) is 5.05. The molecule has 1 unspecified atom stereocenters. The Morgan fingerprint density at radius 1 is 1.32 bits per heavy atom. The van der Waals surface area contributed by atoms with E-state index in [-0.39, 0.29) is 23.3 Å². The van der Waals surface area contributed by atoms with Crippen LogP contribution in [0.3, 0.4) is 0 Å². The molecule has 0 bridgehead atoms. The molecule has 4 rings (SSSR count). The molecule has 1 fully saturated rings. The van der Waals surface area contributed by atoms with E-state index in [1.54, 1.807) is 17.7 Å². The van der Waals surface area contributed by atoms with Crippen LogP contribution in [0.1, 0.15) is 25.3 Å². The van der Waals surface area contributed by atoms with Gasteiger partial charge in [-0.2, -0.15) is 0 Å². The van der Waals surface area contributed by atoms with Crippen LogP contribution >= 0.6 is 23.1 Å². The minimum absolute atomic E-state index is 0.0614. The molecular formula is C21H23N3O2S2. The van der Waals surface area contributed by atoms with Crippen LogP contribution in [-0.4, -0.2) is 32.2 Å². The van der Waals surface area contributed by atoms with Gasteiger partial charge in [0.05, 0.1) is 11.1 Å². The van der Waals surface area contributed by atoms with Crippen molar-refractivity contribution >= 4 is 39.2 Å². The van der Waals surface area contributed by atoms with Crippen molar-refractivity contribution in [1.29, 1.82) is 0 Å². The van der Waals surface area contributed by atoms with Crippen molar-refractivity contribution in [2.75, 3.05) is 5.75 Å². The van der Waals surface area contributed by atoms with E-state index in [2.05, 4.69) is 24.0 Å². The molecule has 1 saturated carbocycles. The summed E-state index contributed by atoms with van der Waals surface area (Å²) in [6.45, 7) is 2.77. The van der Waals surface area contributed by atoms with Crippen molar-refractivity contribution in [1.82, 2.24) is 14.5 Å². The summed E-state index contributed by atoms with van der Waals surface area (Å²) in [4.78, 5) is 32.8. The van der Waals surface area contributed by atoms with Crippen molar-refractivity contribution < 1.29 is 4.79 Å². The Balaban J connectivity index is 1.51. The molecule has 1 aromatic carbocycles. The second-order valence-corrected chi connectivity index (χ2v) is 9.11. The van der Waals surface area contributed by atoms with E-state index in [0.29, 0.717) is 23.0 Å². The number of carbonyl (C=O) groups is 1. The molecule has 3 aromatic rings. The van der Waals surface area contributed by atoms with Gasteiger partial charge in [0.25, 0.3) is 5.56 Å². The van der Waals surface area contributed by atoms with Crippen LogP contribution in [0.5, 0.6) is 0 Å². The lowest BCUT2D eigenvalue weighted by Crippen LogP contribution is -2.40. The maximum Gasteiger partial charge on any atom is 0.262 e. The van der Waals surface area contributed by atoms with Crippen LogP contribution in [-0.2, 0) is 18.4 Å². The van der Waals surface area contributed by atoms with Gasteiger partial charge >= 0.3 is 0 Å². The number of nitrogens with zero attached hydrogens (tertiary/aromatic N) is 3. The third-order valence-corrected chi connectivity index (χ3v) is 7.12. The molecule has 1 aliphatic rings. The molecule has 1 aliphatic carbocycles. The lowest BCUT2D eigenvalue weighted by Gasteiger charge is -2.29. The zero-order valence-electron chi connectivity index (χ0n) is 16.0. The van der Waals surface area contributed by atoms with Crippen molar-refractivity contribution in [2.24, 2.45) is 13.0 Å². The highest BCUT2D eigenvalue weighted by Crippen LogP contribution is 2.36. The summed E-state index contributed by atoms with van der Waals surface area (Å²) in [7, 11) is 1.72. The van der Waals surface area contributed by atoms with E-state index in [9.17, 15) is 9.59 Å². The largest absolute Gasteiger partial charge is 0.335 e. The molecule has 5 nitrogen and oxygen atoms in total. The van der Waals surface area contributed by atoms with Gasteiger partial charge < -0.3 is 4.90 Å². The van der Waals surface area contributed by atoms with Crippen molar-refractivity contribution in [3.05, 3.63) is 57.7 Å². The van der Waals surface area contributed by atoms with Crippen LogP contribution < -0.4 is 5.56 Å². The summed E-state index contributed by atoms with van der Waals surface area (Å²) in [6.07, 6.45) is 2.38. The smallest absolute Gasteiger partial charge is 0.262 e. The normalized spacial score (nSPS) is 14.9. The summed E-state index contributed by atoms with van der Waals surface area (Å²) in [5, 5.41) is 3.10. The molecule has 146 valence electrons. The summed E-state index contributed by atoms with van der Waals surface area (Å²) in [6, 6.07) is 12.1. The van der Waals surface area contributed by atoms with Gasteiger partial charge in [0.1, 0.15) is 4.83 Å². The molecule has 0 radical (unpaired) electrons. The summed E-state index contributed by atoms with van der Waals surface area (Å²) < 4.78 is 1.54. The minimum Gasteiger partial charge on any atom is -0.335 e. The lowest BCUT2D eigenvalue weighted by atomic mass is 10.1. The van der Waals surface area contributed by atoms with E-state index in [1.165, 1.54) is 35.9 Å². The molecule has 0 aliphatic heterocycles. The van der Waals surface area contributed by atoms with E-state index >= 15 is 0 Å². The van der Waals surface area contributed by atoms with Gasteiger partial charge in [-0.1, -0.05) is 42.1 Å². The van der Waals surface area contributed by atoms with Crippen molar-refractivity contribution in [3.8, 4) is 0 Å². The Kier molecular flexibility index (Phi) is 5.55. The number of thiophene rings is 1. The predicted octanol–water partition coefficient (Wildman–Crippen LogP) is 3.91. The van der Waals surface area contributed by atoms with E-state index < -0.39 is 0 Å². The van der Waals surface area contributed by atoms with E-state index in [1.807, 2.05) is 28.5 Å². The summed E-state index contributed by atoms with van der Waals surface area (Å²) in [5.41, 5.74) is 1.08. The number of hydrogen-bond donors (Lipinski definition) is 0. The van der Waals surface area contributed by atoms with Crippen LogP contribution in [0.2, 0.25) is 0 Å². The molecule has 0 spiro atoms. The van der Waals surface area contributed by atoms with Gasteiger partial charge in [-0.25, -0.2) is 4.98 Å². The average molecular weight is 414 g/mol. The van der Waals surface area contributed by atoms with Gasteiger partial charge in [-0.05, 0) is 42.7 Å². The Hall–Kier alpha value is -2.12. The molecule has 2 heterocycles. The van der Waals surface area contributed by atoms with Gasteiger partial charge in [-0.3, -0.25) is 14.2 Å². The highest BCUT2D eigenvalue weighted by molar-refractivity contribution is 7.99. The summed E-state index contributed by atoms with van der Waals surface area (Å²) in [5.74, 6) is 0.970. The molecule has 1 atom stereocenters. The predicted molar refractivity (Wildman–Crippen MR) is 115 cm³/mol. The monoisotopic (exact) mass is 413 g/mol. The van der Waals surface area contributed by atoms with Crippen molar-refractivity contribution in [3.63, 3.8) is 0 Å². The first-order valence-corrected chi connectivity index (χ1v) is 11.3. The molecule has 0 saturated heterocycles. The Morgan fingerprint density at radius 2 is 2.07 bits per heavy atom. The first kappa shape index (κ1) is 19.2. The standard InChI is InChI=1S/C21H23N3O2S2/c1-14(16-8-9-16)24(12-15-6-4-3-5-7-15)18(25)13-28-21-22-19-17(10-11-27-19)20(26)23(21)2/h3-7,10-11,14,16H,8-9,12-13H2,1-2H3. The minimum atomic E-state index is -0.0614. The first-order chi connectivity index (χ1) is 13.5. The Bertz CT molecular complexity index is 1040. The Labute approximate surface area is 172 Å². The second-order valence-electron chi connectivity index (χ2n) is 7.27. The number of thioether (sulfide) groups is 1. The quantitative estimate of drug-likeness (QED) is 0.435. The van der Waals surface area contributed by atoms with Crippen LogP contribution in [0.15, 0.2) is 51.7 Å². The van der Waals surface area contributed by atoms with Gasteiger partial charge in [-0.15, -0.1) is 11.3 Å². The molecule has 0 N–H and O–H groups in total. The molecule has 28 heavy (non-hydrogen) atoms. The maximum atomic E-state index is 13.1. The number of carbonyl (C=O) groups excluding carboxylic acids is 1. The fourth-order valence-electron chi connectivity index (χ4n) is 3.39. The van der Waals surface area contributed by atoms with E-state index in [0.717, 1.165) is 10.4 Å². The first-order valence-electron chi connectivity index (χ1n) is 9.45. The number of benzene rings is 1. The maximum absolute atomic E-state index is 13.1. The highest BCUT2D eigenvalue weighted by atomic mass is 32.2. The average Bonchev–Trinajstić information content (AvgIpc) is 3.45. The number of aromatic nitrogens is 2. The second kappa shape index (κ2) is 8.09. The van der Waals surface area contributed by atoms with Crippen LogP contribution in [0.4, 0.5) is 0 Å². The number of rotatable bonds is 7. The lowest BCUT2D eigenvalue weighted by molar-refractivity contribution is -0.131. The number of amides is 1. The Morgan fingerprint density at radius 3 is 2.79 bits per heavy atom. The number of hydrogen-bond acceptors (Lipinski definition) is 5. The highest BCUT2D eigenvalue weighted by Gasteiger charge is 2.34. The molecule has 7 heteroatoms. The zero-order valence-corrected chi connectivity index (χ0v) is 17.6. The SMILES string of the molecule is CC(C1CC1)N(Cc1ccccc1)C(=O)CSc1nc2sccc2c(=O)n1C. The molecule has 2 aromatic heterocycles.